The van der Waals surface area contributed by atoms with Gasteiger partial charge >= 0.3 is 0 Å². The minimum Gasteiger partial charge on any atom is -0.292 e. The number of rotatable bonds is 4. The van der Waals surface area contributed by atoms with E-state index in [1.54, 1.807) is 12.1 Å². The van der Waals surface area contributed by atoms with Crippen molar-refractivity contribution in [3.63, 3.8) is 0 Å². The van der Waals surface area contributed by atoms with Gasteiger partial charge in [-0.05, 0) is 23.8 Å². The molecule has 2 nitrogen and oxygen atoms in total. The Morgan fingerprint density at radius 3 is 2.18 bits per heavy atom. The molecule has 0 amide bonds. The fraction of sp³-hybridized carbons (Fsp3) is 0.167. The standard InChI is InChI=1S/C18H15F2NO/c19-16-8-7-15(11-17(16)20)18(22)14-5-3-13(4-6-14)12-21-9-1-2-10-21/h1-8,11H,9-10,12H2. The maximum absolute atomic E-state index is 13.2. The topological polar surface area (TPSA) is 20.3 Å². The summed E-state index contributed by atoms with van der Waals surface area (Å²) in [5.74, 6) is -2.27. The molecule has 3 rings (SSSR count). The minimum absolute atomic E-state index is 0.149. The average Bonchev–Trinajstić information content (AvgIpc) is 3.03. The van der Waals surface area contributed by atoms with Crippen LogP contribution in [-0.4, -0.2) is 23.8 Å². The number of hydrogen-bond donors (Lipinski definition) is 0. The van der Waals surface area contributed by atoms with Crippen molar-refractivity contribution >= 4 is 5.78 Å². The molecule has 0 fully saturated rings. The van der Waals surface area contributed by atoms with Crippen molar-refractivity contribution in [2.45, 2.75) is 6.54 Å². The maximum atomic E-state index is 13.2. The highest BCUT2D eigenvalue weighted by Gasteiger charge is 2.13. The zero-order valence-electron chi connectivity index (χ0n) is 11.9. The second-order valence-electron chi connectivity index (χ2n) is 5.32. The van der Waals surface area contributed by atoms with Gasteiger partial charge in [0.1, 0.15) is 0 Å². The van der Waals surface area contributed by atoms with Gasteiger partial charge in [-0.2, -0.15) is 0 Å². The van der Waals surface area contributed by atoms with Crippen molar-refractivity contribution in [2.75, 3.05) is 13.1 Å². The number of carbonyl (C=O) groups excluding carboxylic acids is 1. The molecular weight excluding hydrogens is 284 g/mol. The van der Waals surface area contributed by atoms with Crippen molar-refractivity contribution in [3.8, 4) is 0 Å². The summed E-state index contributed by atoms with van der Waals surface area (Å²) in [5.41, 5.74) is 1.73. The SMILES string of the molecule is O=C(c1ccc(CN2CC=CC2)cc1)c1ccc(F)c(F)c1. The van der Waals surface area contributed by atoms with Crippen molar-refractivity contribution in [1.29, 1.82) is 0 Å². The predicted molar refractivity (Wildman–Crippen MR) is 80.6 cm³/mol. The third-order valence-electron chi connectivity index (χ3n) is 3.70. The highest BCUT2D eigenvalue weighted by molar-refractivity contribution is 6.08. The van der Waals surface area contributed by atoms with Gasteiger partial charge in [-0.1, -0.05) is 36.4 Å². The van der Waals surface area contributed by atoms with Crippen LogP contribution in [0.3, 0.4) is 0 Å². The van der Waals surface area contributed by atoms with Gasteiger partial charge in [-0.15, -0.1) is 0 Å². The molecule has 0 atom stereocenters. The lowest BCUT2D eigenvalue weighted by Gasteiger charge is -2.14. The first-order chi connectivity index (χ1) is 10.6. The second-order valence-corrected chi connectivity index (χ2v) is 5.32. The number of hydrogen-bond acceptors (Lipinski definition) is 2. The zero-order chi connectivity index (χ0) is 15.5. The maximum Gasteiger partial charge on any atom is 0.193 e. The van der Waals surface area contributed by atoms with E-state index in [9.17, 15) is 13.6 Å². The Labute approximate surface area is 127 Å². The number of ketones is 1. The quantitative estimate of drug-likeness (QED) is 0.635. The largest absolute Gasteiger partial charge is 0.292 e. The van der Waals surface area contributed by atoms with Gasteiger partial charge in [0.25, 0.3) is 0 Å². The average molecular weight is 299 g/mol. The number of benzene rings is 2. The first-order valence-corrected chi connectivity index (χ1v) is 7.09. The molecule has 0 saturated heterocycles. The molecule has 0 aliphatic carbocycles. The van der Waals surface area contributed by atoms with Gasteiger partial charge in [0, 0.05) is 30.8 Å². The van der Waals surface area contributed by atoms with E-state index in [2.05, 4.69) is 17.1 Å². The monoisotopic (exact) mass is 299 g/mol. The summed E-state index contributed by atoms with van der Waals surface area (Å²) < 4.78 is 26.1. The molecule has 0 unspecified atom stereocenters. The molecule has 0 spiro atoms. The van der Waals surface area contributed by atoms with Crippen molar-refractivity contribution in [2.24, 2.45) is 0 Å². The summed E-state index contributed by atoms with van der Waals surface area (Å²) in [6.07, 6.45) is 4.25. The molecule has 112 valence electrons. The van der Waals surface area contributed by atoms with Gasteiger partial charge in [-0.25, -0.2) is 8.78 Å². The molecule has 0 radical (unpaired) electrons. The Kier molecular flexibility index (Phi) is 4.11. The summed E-state index contributed by atoms with van der Waals surface area (Å²) in [6.45, 7) is 2.71. The van der Waals surface area contributed by atoms with Crippen LogP contribution in [0.15, 0.2) is 54.6 Å². The van der Waals surface area contributed by atoms with Crippen molar-refractivity contribution < 1.29 is 13.6 Å². The molecule has 2 aromatic rings. The van der Waals surface area contributed by atoms with Crippen LogP contribution in [0.2, 0.25) is 0 Å². The lowest BCUT2D eigenvalue weighted by molar-refractivity contribution is 0.103. The molecule has 22 heavy (non-hydrogen) atoms. The third kappa shape index (κ3) is 3.12. The van der Waals surface area contributed by atoms with Crippen LogP contribution in [0, 0.1) is 11.6 Å². The van der Waals surface area contributed by atoms with Gasteiger partial charge in [0.2, 0.25) is 0 Å². The van der Waals surface area contributed by atoms with Crippen molar-refractivity contribution in [3.05, 3.63) is 82.9 Å². The smallest absolute Gasteiger partial charge is 0.193 e. The number of nitrogens with zero attached hydrogens (tertiary/aromatic N) is 1. The lowest BCUT2D eigenvalue weighted by atomic mass is 10.0. The van der Waals surface area contributed by atoms with E-state index in [0.29, 0.717) is 5.56 Å². The molecule has 2 aromatic carbocycles. The van der Waals surface area contributed by atoms with Crippen molar-refractivity contribution in [1.82, 2.24) is 4.90 Å². The highest BCUT2D eigenvalue weighted by Crippen LogP contribution is 2.15. The molecule has 4 heteroatoms. The van der Waals surface area contributed by atoms with Crippen LogP contribution in [0.4, 0.5) is 8.78 Å². The van der Waals surface area contributed by atoms with E-state index >= 15 is 0 Å². The first kappa shape index (κ1) is 14.6. The summed E-state index contributed by atoms with van der Waals surface area (Å²) in [5, 5.41) is 0. The molecule has 1 aliphatic rings. The fourth-order valence-electron chi connectivity index (χ4n) is 2.47. The van der Waals surface area contributed by atoms with Gasteiger partial charge in [0.05, 0.1) is 0 Å². The molecule has 1 aliphatic heterocycles. The molecule has 0 bridgehead atoms. The van der Waals surface area contributed by atoms with E-state index in [4.69, 9.17) is 0 Å². The fourth-order valence-corrected chi connectivity index (χ4v) is 2.47. The Hall–Kier alpha value is -2.33. The Bertz CT molecular complexity index is 714. The number of halogens is 2. The van der Waals surface area contributed by atoms with Crippen LogP contribution >= 0.6 is 0 Å². The van der Waals surface area contributed by atoms with E-state index in [1.807, 2.05) is 12.1 Å². The van der Waals surface area contributed by atoms with E-state index < -0.39 is 11.6 Å². The summed E-state index contributed by atoms with van der Waals surface area (Å²) in [7, 11) is 0. The number of carbonyl (C=O) groups is 1. The van der Waals surface area contributed by atoms with E-state index in [0.717, 1.165) is 37.3 Å². The molecular formula is C18H15F2NO. The van der Waals surface area contributed by atoms with Gasteiger partial charge in [-0.3, -0.25) is 9.69 Å². The normalized spacial score (nSPS) is 14.5. The first-order valence-electron chi connectivity index (χ1n) is 7.09. The van der Waals surface area contributed by atoms with Gasteiger partial charge in [0.15, 0.2) is 17.4 Å². The van der Waals surface area contributed by atoms with Crippen LogP contribution in [0.25, 0.3) is 0 Å². The summed E-state index contributed by atoms with van der Waals surface area (Å²) in [4.78, 5) is 14.5. The lowest BCUT2D eigenvalue weighted by Crippen LogP contribution is -2.19. The van der Waals surface area contributed by atoms with E-state index in [1.165, 1.54) is 6.07 Å². The molecule has 0 aromatic heterocycles. The van der Waals surface area contributed by atoms with Gasteiger partial charge < -0.3 is 0 Å². The zero-order valence-corrected chi connectivity index (χ0v) is 11.9. The molecule has 1 heterocycles. The minimum atomic E-state index is -1.01. The molecule has 0 N–H and O–H groups in total. The van der Waals surface area contributed by atoms with Crippen LogP contribution in [0.5, 0.6) is 0 Å². The van der Waals surface area contributed by atoms with Crippen LogP contribution < -0.4 is 0 Å². The Morgan fingerprint density at radius 1 is 0.909 bits per heavy atom. The van der Waals surface area contributed by atoms with Crippen LogP contribution in [-0.2, 0) is 6.54 Å². The highest BCUT2D eigenvalue weighted by atomic mass is 19.2. The van der Waals surface area contributed by atoms with E-state index in [-0.39, 0.29) is 11.3 Å². The Balaban J connectivity index is 1.73. The van der Waals surface area contributed by atoms with Crippen LogP contribution in [0.1, 0.15) is 21.5 Å². The predicted octanol–water partition coefficient (Wildman–Crippen LogP) is 3.57. The summed E-state index contributed by atoms with van der Waals surface area (Å²) >= 11 is 0. The summed E-state index contributed by atoms with van der Waals surface area (Å²) in [6, 6.07) is 10.4. The third-order valence-corrected chi connectivity index (χ3v) is 3.70. The Morgan fingerprint density at radius 2 is 1.55 bits per heavy atom. The molecule has 0 saturated carbocycles. The second kappa shape index (κ2) is 6.20.